The van der Waals surface area contributed by atoms with Gasteiger partial charge in [-0.2, -0.15) is 4.31 Å². The van der Waals surface area contributed by atoms with Crippen LogP contribution in [0.15, 0.2) is 46.8 Å². The average molecular weight is 424 g/mol. The van der Waals surface area contributed by atoms with Gasteiger partial charge in [0, 0.05) is 18.7 Å². The zero-order valence-electron chi connectivity index (χ0n) is 14.3. The molecule has 1 fully saturated rings. The second kappa shape index (κ2) is 7.37. The highest BCUT2D eigenvalue weighted by Crippen LogP contribution is 2.32. The van der Waals surface area contributed by atoms with Gasteiger partial charge < -0.3 is 10.1 Å². The lowest BCUT2D eigenvalue weighted by Crippen LogP contribution is -2.40. The van der Waals surface area contributed by atoms with Gasteiger partial charge in [-0.1, -0.05) is 17.7 Å². The number of H-pyrrole nitrogens is 1. The summed E-state index contributed by atoms with van der Waals surface area (Å²) in [5.74, 6) is 0.584. The number of halogens is 1. The minimum atomic E-state index is -3.73. The zero-order chi connectivity index (χ0) is 19.0. The summed E-state index contributed by atoms with van der Waals surface area (Å²) in [6, 6.07) is 8.83. The van der Waals surface area contributed by atoms with Gasteiger partial charge in [0.2, 0.25) is 10.0 Å². The molecule has 4 rings (SSSR count). The third-order valence-corrected chi connectivity index (χ3v) is 7.89. The third-order valence-electron chi connectivity index (χ3n) is 4.61. The van der Waals surface area contributed by atoms with Gasteiger partial charge in [-0.05, 0) is 42.5 Å². The molecule has 27 heavy (non-hydrogen) atoms. The van der Waals surface area contributed by atoms with E-state index < -0.39 is 16.1 Å². The van der Waals surface area contributed by atoms with E-state index in [-0.39, 0.29) is 23.0 Å². The van der Waals surface area contributed by atoms with Gasteiger partial charge in [0.25, 0.3) is 0 Å². The Labute approximate surface area is 166 Å². The Morgan fingerprint density at radius 2 is 2.04 bits per heavy atom. The first kappa shape index (κ1) is 18.6. The maximum absolute atomic E-state index is 13.0. The van der Waals surface area contributed by atoms with Gasteiger partial charge in [-0.25, -0.2) is 13.4 Å². The Kier molecular flexibility index (Phi) is 5.09. The molecule has 1 aliphatic heterocycles. The van der Waals surface area contributed by atoms with Crippen molar-refractivity contribution in [1.82, 2.24) is 14.3 Å². The number of imidazole rings is 1. The molecule has 1 saturated heterocycles. The lowest BCUT2D eigenvalue weighted by Gasteiger charge is -2.29. The fraction of sp³-hybridized carbons (Fsp3) is 0.278. The number of hydrogen-bond donors (Lipinski definition) is 2. The van der Waals surface area contributed by atoms with Crippen LogP contribution in [0.4, 0.5) is 0 Å². The van der Waals surface area contributed by atoms with Crippen LogP contribution in [0.25, 0.3) is 22.0 Å². The molecule has 0 unspecified atom stereocenters. The van der Waals surface area contributed by atoms with Crippen molar-refractivity contribution in [3.63, 3.8) is 0 Å². The normalized spacial score (nSPS) is 16.7. The van der Waals surface area contributed by atoms with Crippen molar-refractivity contribution in [2.45, 2.75) is 23.8 Å². The van der Waals surface area contributed by atoms with Crippen molar-refractivity contribution in [3.05, 3.63) is 46.9 Å². The van der Waals surface area contributed by atoms with E-state index >= 15 is 0 Å². The smallest absolute Gasteiger partial charge is 0.244 e. The summed E-state index contributed by atoms with van der Waals surface area (Å²) in [5, 5.41) is 11.8. The van der Waals surface area contributed by atoms with E-state index in [9.17, 15) is 13.5 Å². The van der Waals surface area contributed by atoms with E-state index in [0.29, 0.717) is 24.2 Å². The molecular weight excluding hydrogens is 406 g/mol. The molecule has 0 radical (unpaired) electrons. The Morgan fingerprint density at radius 3 is 2.74 bits per heavy atom. The van der Waals surface area contributed by atoms with Gasteiger partial charge in [-0.3, -0.25) is 0 Å². The number of rotatable bonds is 4. The Balaban J connectivity index is 1.68. The number of aromatic nitrogens is 2. The number of aromatic amines is 1. The highest BCUT2D eigenvalue weighted by atomic mass is 35.5. The van der Waals surface area contributed by atoms with Crippen LogP contribution in [-0.2, 0) is 10.0 Å². The number of nitrogens with one attached hydrogen (secondary N) is 1. The molecule has 0 aliphatic carbocycles. The van der Waals surface area contributed by atoms with E-state index in [1.807, 2.05) is 17.5 Å². The molecule has 0 saturated carbocycles. The maximum Gasteiger partial charge on any atom is 0.244 e. The monoisotopic (exact) mass is 423 g/mol. The van der Waals surface area contributed by atoms with Crippen LogP contribution >= 0.6 is 22.9 Å². The Bertz CT molecular complexity index is 1040. The highest BCUT2D eigenvalue weighted by molar-refractivity contribution is 7.89. The summed E-state index contributed by atoms with van der Waals surface area (Å²) in [5.41, 5.74) is 1.53. The summed E-state index contributed by atoms with van der Waals surface area (Å²) in [6.07, 6.45) is 2.14. The Hall–Kier alpha value is -1.71. The first-order chi connectivity index (χ1) is 12.9. The molecule has 142 valence electrons. The molecule has 3 aromatic rings. The van der Waals surface area contributed by atoms with Gasteiger partial charge in [0.15, 0.2) is 0 Å². The van der Waals surface area contributed by atoms with Crippen molar-refractivity contribution in [2.24, 2.45) is 0 Å². The van der Waals surface area contributed by atoms with Gasteiger partial charge in [0.05, 0.1) is 27.9 Å². The lowest BCUT2D eigenvalue weighted by atomic mass is 10.1. The number of hydrogen-bond acceptors (Lipinski definition) is 5. The molecule has 9 heteroatoms. The molecule has 0 atom stereocenters. The van der Waals surface area contributed by atoms with Gasteiger partial charge in [-0.15, -0.1) is 11.3 Å². The number of thiophene rings is 1. The average Bonchev–Trinajstić information content (AvgIpc) is 3.34. The van der Waals surface area contributed by atoms with Crippen LogP contribution < -0.4 is 0 Å². The molecule has 1 aliphatic rings. The minimum Gasteiger partial charge on any atom is -0.393 e. The molecular formula is C18H18ClN3O3S2. The number of aliphatic hydroxyl groups is 1. The van der Waals surface area contributed by atoms with E-state index in [2.05, 4.69) is 9.97 Å². The first-order valence-corrected chi connectivity index (χ1v) is 11.2. The molecule has 0 bridgehead atoms. The van der Waals surface area contributed by atoms with E-state index in [1.54, 1.807) is 35.7 Å². The molecule has 0 spiro atoms. The van der Waals surface area contributed by atoms with Crippen LogP contribution in [0.2, 0.25) is 5.02 Å². The lowest BCUT2D eigenvalue weighted by molar-refractivity contribution is 0.113. The fourth-order valence-electron chi connectivity index (χ4n) is 3.09. The van der Waals surface area contributed by atoms with E-state index in [4.69, 9.17) is 11.6 Å². The number of piperidine rings is 1. The topological polar surface area (TPSA) is 86.3 Å². The van der Waals surface area contributed by atoms with Crippen LogP contribution in [0, 0.1) is 0 Å². The molecule has 2 aromatic heterocycles. The number of sulfonamides is 1. The largest absolute Gasteiger partial charge is 0.393 e. The van der Waals surface area contributed by atoms with E-state index in [0.717, 1.165) is 10.6 Å². The summed E-state index contributed by atoms with van der Waals surface area (Å²) < 4.78 is 27.4. The van der Waals surface area contributed by atoms with Crippen LogP contribution in [-0.4, -0.2) is 47.0 Å². The molecule has 0 amide bonds. The second-order valence-corrected chi connectivity index (χ2v) is 9.66. The molecule has 3 heterocycles. The van der Waals surface area contributed by atoms with Gasteiger partial charge in [0.1, 0.15) is 10.7 Å². The highest BCUT2D eigenvalue weighted by Gasteiger charge is 2.30. The summed E-state index contributed by atoms with van der Waals surface area (Å²) in [7, 11) is -3.73. The van der Waals surface area contributed by atoms with Crippen LogP contribution in [0.1, 0.15) is 12.8 Å². The van der Waals surface area contributed by atoms with Crippen molar-refractivity contribution in [3.8, 4) is 22.0 Å². The minimum absolute atomic E-state index is 0.0622. The molecule has 2 N–H and O–H groups in total. The number of aliphatic hydroxyl groups excluding tert-OH is 1. The maximum atomic E-state index is 13.0. The fourth-order valence-corrected chi connectivity index (χ4v) is 5.76. The molecule has 1 aromatic carbocycles. The summed E-state index contributed by atoms with van der Waals surface area (Å²) in [6.45, 7) is 0.570. The van der Waals surface area contributed by atoms with Gasteiger partial charge >= 0.3 is 0 Å². The zero-order valence-corrected chi connectivity index (χ0v) is 16.7. The summed E-state index contributed by atoms with van der Waals surface area (Å²) in [4.78, 5) is 8.73. The third kappa shape index (κ3) is 3.68. The van der Waals surface area contributed by atoms with Crippen molar-refractivity contribution >= 4 is 33.0 Å². The SMILES string of the molecule is O=S(=O)(c1cc(-c2ncc(-c3cccs3)[nH]2)ccc1Cl)N1CCC(O)CC1. The van der Waals surface area contributed by atoms with Crippen LogP contribution in [0.5, 0.6) is 0 Å². The van der Waals surface area contributed by atoms with Crippen molar-refractivity contribution < 1.29 is 13.5 Å². The predicted octanol–water partition coefficient (Wildman–Crippen LogP) is 3.60. The molecule has 6 nitrogen and oxygen atoms in total. The van der Waals surface area contributed by atoms with E-state index in [1.165, 1.54) is 4.31 Å². The second-order valence-electron chi connectivity index (χ2n) is 6.40. The predicted molar refractivity (Wildman–Crippen MR) is 106 cm³/mol. The summed E-state index contributed by atoms with van der Waals surface area (Å²) >= 11 is 7.82. The number of nitrogens with zero attached hydrogens (tertiary/aromatic N) is 2. The van der Waals surface area contributed by atoms with Crippen LogP contribution in [0.3, 0.4) is 0 Å². The number of benzene rings is 1. The first-order valence-electron chi connectivity index (χ1n) is 8.52. The quantitative estimate of drug-likeness (QED) is 0.671. The van der Waals surface area contributed by atoms with Crippen molar-refractivity contribution in [2.75, 3.05) is 13.1 Å². The van der Waals surface area contributed by atoms with Crippen molar-refractivity contribution in [1.29, 1.82) is 0 Å². The Morgan fingerprint density at radius 1 is 1.26 bits per heavy atom. The standard InChI is InChI=1S/C18H18ClN3O3S2/c19-14-4-3-12(18-20-11-15(21-18)16-2-1-9-26-16)10-17(14)27(24,25)22-7-5-13(23)6-8-22/h1-4,9-11,13,23H,5-8H2,(H,20,21).